The second-order valence-electron chi connectivity index (χ2n) is 9.31. The number of para-hydroxylation sites is 1. The molecule has 1 heterocycles. The number of benzene rings is 4. The topological polar surface area (TPSA) is 82.4 Å². The van der Waals surface area contributed by atoms with Gasteiger partial charge >= 0.3 is 0 Å². The molecule has 7 nitrogen and oxygen atoms in total. The number of amides is 1. The minimum Gasteiger partial charge on any atom is -0.497 e. The minimum atomic E-state index is -0.711. The molecule has 0 fully saturated rings. The lowest BCUT2D eigenvalue weighted by atomic mass is 10.1. The largest absolute Gasteiger partial charge is 0.497 e. The normalized spacial score (nSPS) is 11.7. The van der Waals surface area contributed by atoms with Gasteiger partial charge in [0.1, 0.15) is 16.7 Å². The van der Waals surface area contributed by atoms with Gasteiger partial charge in [0.15, 0.2) is 5.16 Å². The Balaban J connectivity index is 1.69. The van der Waals surface area contributed by atoms with E-state index in [4.69, 9.17) is 14.5 Å². The maximum Gasteiger partial charge on any atom is 0.266 e. The van der Waals surface area contributed by atoms with Crippen LogP contribution in [-0.4, -0.2) is 29.7 Å². The number of thioether (sulfide) groups is 1. The Labute approximate surface area is 236 Å². The number of carbonyl (C=O) groups is 1. The fourth-order valence-electron chi connectivity index (χ4n) is 4.45. The molecule has 1 aromatic heterocycles. The lowest BCUT2D eigenvalue weighted by molar-refractivity contribution is -0.115. The predicted octanol–water partition coefficient (Wildman–Crippen LogP) is 6.49. The van der Waals surface area contributed by atoms with Gasteiger partial charge in [-0.1, -0.05) is 66.4 Å². The van der Waals surface area contributed by atoms with E-state index in [1.54, 1.807) is 50.6 Å². The Morgan fingerprint density at radius 1 is 0.900 bits per heavy atom. The van der Waals surface area contributed by atoms with Crippen molar-refractivity contribution in [2.24, 2.45) is 0 Å². The van der Waals surface area contributed by atoms with Crippen LogP contribution in [0.3, 0.4) is 0 Å². The molecule has 0 aliphatic rings. The third-order valence-electron chi connectivity index (χ3n) is 6.59. The van der Waals surface area contributed by atoms with Gasteiger partial charge in [-0.05, 0) is 60.9 Å². The number of fused-ring (bicyclic) bond motifs is 1. The molecular weight excluding hydrogens is 522 g/mol. The highest BCUT2D eigenvalue weighted by molar-refractivity contribution is 8.00. The van der Waals surface area contributed by atoms with E-state index in [9.17, 15) is 9.59 Å². The molecular formula is C32H29N3O4S. The molecule has 0 aliphatic heterocycles. The summed E-state index contributed by atoms with van der Waals surface area (Å²) in [6, 6.07) is 27.8. The summed E-state index contributed by atoms with van der Waals surface area (Å²) in [4.78, 5) is 32.8. The molecule has 5 aromatic rings. The lowest BCUT2D eigenvalue weighted by Crippen LogP contribution is -2.25. The van der Waals surface area contributed by atoms with Crippen molar-refractivity contribution in [2.45, 2.75) is 24.3 Å². The van der Waals surface area contributed by atoms with Crippen molar-refractivity contribution in [2.75, 3.05) is 19.5 Å². The summed E-state index contributed by atoms with van der Waals surface area (Å²) in [5.74, 6) is 0.800. The molecule has 0 spiro atoms. The molecule has 202 valence electrons. The molecule has 8 heteroatoms. The summed E-state index contributed by atoms with van der Waals surface area (Å²) in [6.07, 6.45) is 0. The zero-order chi connectivity index (χ0) is 28.2. The molecule has 40 heavy (non-hydrogen) atoms. The van der Waals surface area contributed by atoms with Crippen LogP contribution in [0.25, 0.3) is 16.6 Å². The Bertz CT molecular complexity index is 1750. The summed E-state index contributed by atoms with van der Waals surface area (Å²) in [7, 11) is 3.10. The molecule has 1 amide bonds. The van der Waals surface area contributed by atoms with Gasteiger partial charge < -0.3 is 14.8 Å². The average molecular weight is 552 g/mol. The van der Waals surface area contributed by atoms with Gasteiger partial charge in [-0.25, -0.2) is 4.98 Å². The second kappa shape index (κ2) is 11.7. The maximum atomic E-state index is 14.0. The first-order chi connectivity index (χ1) is 19.4. The van der Waals surface area contributed by atoms with E-state index >= 15 is 0 Å². The summed E-state index contributed by atoms with van der Waals surface area (Å²) in [5.41, 5.74) is 4.25. The highest BCUT2D eigenvalue weighted by atomic mass is 32.2. The number of hydrogen-bond donors (Lipinski definition) is 1. The first kappa shape index (κ1) is 27.0. The summed E-state index contributed by atoms with van der Waals surface area (Å²) in [5, 5.41) is 3.19. The molecule has 0 saturated carbocycles. The molecule has 5 rings (SSSR count). The van der Waals surface area contributed by atoms with Crippen molar-refractivity contribution < 1.29 is 14.3 Å². The number of carbonyl (C=O) groups excluding carboxylic acids is 1. The Morgan fingerprint density at radius 3 is 2.40 bits per heavy atom. The fourth-order valence-corrected chi connectivity index (χ4v) is 5.56. The standard InChI is InChI=1S/C32H29N3O4S/c1-20-14-15-21(2)26(18-20)33-30(36)29(22-10-6-5-7-11-22)40-32-34-25-13-9-8-12-24(25)31(37)35(32)27-19-23(38-3)16-17-28(27)39-4/h5-19,29H,1-4H3,(H,33,36)/t29-/m1/s1. The van der Waals surface area contributed by atoms with Crippen molar-refractivity contribution >= 4 is 34.3 Å². The fraction of sp³-hybridized carbons (Fsp3) is 0.156. The molecule has 4 aromatic carbocycles. The Morgan fingerprint density at radius 2 is 1.65 bits per heavy atom. The summed E-state index contributed by atoms with van der Waals surface area (Å²) >= 11 is 1.21. The van der Waals surface area contributed by atoms with E-state index in [1.807, 2.05) is 68.4 Å². The van der Waals surface area contributed by atoms with Crippen LogP contribution in [0.5, 0.6) is 11.5 Å². The van der Waals surface area contributed by atoms with Crippen LogP contribution < -0.4 is 20.3 Å². The number of methoxy groups -OCH3 is 2. The highest BCUT2D eigenvalue weighted by Gasteiger charge is 2.27. The third-order valence-corrected chi connectivity index (χ3v) is 7.79. The predicted molar refractivity (Wildman–Crippen MR) is 160 cm³/mol. The molecule has 0 radical (unpaired) electrons. The maximum absolute atomic E-state index is 14.0. The quantitative estimate of drug-likeness (QED) is 0.175. The molecule has 0 aliphatic carbocycles. The van der Waals surface area contributed by atoms with Gasteiger partial charge in [-0.15, -0.1) is 0 Å². The van der Waals surface area contributed by atoms with Crippen LogP contribution in [0, 0.1) is 13.8 Å². The number of nitrogens with one attached hydrogen (secondary N) is 1. The van der Waals surface area contributed by atoms with Gasteiger partial charge in [-0.3, -0.25) is 14.2 Å². The summed E-state index contributed by atoms with van der Waals surface area (Å²) < 4.78 is 12.6. The first-order valence-corrected chi connectivity index (χ1v) is 13.6. The van der Waals surface area contributed by atoms with Crippen molar-refractivity contribution in [1.29, 1.82) is 0 Å². The number of anilines is 1. The van der Waals surface area contributed by atoms with Crippen LogP contribution in [0.1, 0.15) is 21.9 Å². The zero-order valence-corrected chi connectivity index (χ0v) is 23.5. The van der Waals surface area contributed by atoms with Gasteiger partial charge in [0, 0.05) is 11.8 Å². The van der Waals surface area contributed by atoms with Crippen molar-refractivity contribution in [3.05, 3.63) is 118 Å². The number of rotatable bonds is 8. The molecule has 0 saturated heterocycles. The van der Waals surface area contributed by atoms with Crippen LogP contribution in [0.4, 0.5) is 5.69 Å². The van der Waals surface area contributed by atoms with E-state index in [-0.39, 0.29) is 11.5 Å². The van der Waals surface area contributed by atoms with Crippen molar-refractivity contribution in [1.82, 2.24) is 9.55 Å². The van der Waals surface area contributed by atoms with E-state index in [2.05, 4.69) is 5.32 Å². The van der Waals surface area contributed by atoms with Crippen LogP contribution in [0.15, 0.2) is 101 Å². The van der Waals surface area contributed by atoms with Crippen molar-refractivity contribution in [3.63, 3.8) is 0 Å². The van der Waals surface area contributed by atoms with E-state index in [1.165, 1.54) is 16.3 Å². The van der Waals surface area contributed by atoms with Gasteiger partial charge in [0.2, 0.25) is 5.91 Å². The van der Waals surface area contributed by atoms with E-state index in [0.29, 0.717) is 33.2 Å². The number of nitrogens with zero attached hydrogens (tertiary/aromatic N) is 2. The average Bonchev–Trinajstić information content (AvgIpc) is 2.98. The molecule has 0 bridgehead atoms. The van der Waals surface area contributed by atoms with Gasteiger partial charge in [-0.2, -0.15) is 0 Å². The Kier molecular flexibility index (Phi) is 7.89. The number of aromatic nitrogens is 2. The van der Waals surface area contributed by atoms with Gasteiger partial charge in [0.05, 0.1) is 30.8 Å². The van der Waals surface area contributed by atoms with E-state index < -0.39 is 5.25 Å². The van der Waals surface area contributed by atoms with Gasteiger partial charge in [0.25, 0.3) is 5.56 Å². The second-order valence-corrected chi connectivity index (χ2v) is 10.4. The monoisotopic (exact) mass is 551 g/mol. The first-order valence-electron chi connectivity index (χ1n) is 12.7. The number of hydrogen-bond acceptors (Lipinski definition) is 6. The molecule has 1 atom stereocenters. The SMILES string of the molecule is COc1ccc(OC)c(-n2c(S[C@@H](C(=O)Nc3cc(C)ccc3C)c3ccccc3)nc3ccccc3c2=O)c1. The van der Waals surface area contributed by atoms with Crippen LogP contribution in [-0.2, 0) is 4.79 Å². The molecule has 0 unspecified atom stereocenters. The zero-order valence-electron chi connectivity index (χ0n) is 22.7. The van der Waals surface area contributed by atoms with Crippen LogP contribution >= 0.6 is 11.8 Å². The van der Waals surface area contributed by atoms with Crippen LogP contribution in [0.2, 0.25) is 0 Å². The third kappa shape index (κ3) is 5.44. The lowest BCUT2D eigenvalue weighted by Gasteiger charge is -2.21. The van der Waals surface area contributed by atoms with Crippen molar-refractivity contribution in [3.8, 4) is 17.2 Å². The summed E-state index contributed by atoms with van der Waals surface area (Å²) in [6.45, 7) is 3.94. The number of aryl methyl sites for hydroxylation is 2. The van der Waals surface area contributed by atoms with E-state index in [0.717, 1.165) is 22.4 Å². The Hall–Kier alpha value is -4.56. The number of ether oxygens (including phenoxy) is 2. The minimum absolute atomic E-state index is 0.225. The molecule has 1 N–H and O–H groups in total. The smallest absolute Gasteiger partial charge is 0.266 e. The highest BCUT2D eigenvalue weighted by Crippen LogP contribution is 2.38.